The Morgan fingerprint density at radius 3 is 2.73 bits per heavy atom. The number of carbonyl (C=O) groups is 1. The highest BCUT2D eigenvalue weighted by atomic mass is 32.1. The second-order valence-corrected chi connectivity index (χ2v) is 9.58. The third-order valence-electron chi connectivity index (χ3n) is 5.69. The van der Waals surface area contributed by atoms with Crippen LogP contribution < -0.4 is 10.2 Å². The van der Waals surface area contributed by atoms with E-state index in [2.05, 4.69) is 27.2 Å². The first-order valence-electron chi connectivity index (χ1n) is 11.8. The first kappa shape index (κ1) is 23.6. The molecule has 2 aromatic heterocycles. The fraction of sp³-hybridized carbons (Fsp3) is 0.480. The second kappa shape index (κ2) is 11.5. The van der Waals surface area contributed by atoms with Crippen LogP contribution >= 0.6 is 11.3 Å². The molecule has 3 heterocycles. The van der Waals surface area contributed by atoms with Gasteiger partial charge in [0.2, 0.25) is 5.91 Å². The normalized spacial score (nSPS) is 14.6. The van der Waals surface area contributed by atoms with E-state index in [4.69, 9.17) is 14.7 Å². The standard InChI is InChI=1S/C25H33N5O2S/c1-19(2)26-23(31)10-13-30(12-6-11-29-14-16-32-17-15-29)25-20-7-3-4-8-21(20)27-24(28-25)22-9-5-18-33-22/h3-5,7-9,18-19H,6,10-17H2,1-2H3,(H,26,31). The number of thiophene rings is 1. The van der Waals surface area contributed by atoms with Gasteiger partial charge in [0, 0.05) is 50.6 Å². The largest absolute Gasteiger partial charge is 0.379 e. The molecule has 176 valence electrons. The number of benzene rings is 1. The van der Waals surface area contributed by atoms with Crippen molar-refractivity contribution in [3.05, 3.63) is 41.8 Å². The van der Waals surface area contributed by atoms with Crippen molar-refractivity contribution in [3.8, 4) is 10.7 Å². The molecule has 3 aromatic rings. The van der Waals surface area contributed by atoms with Crippen molar-refractivity contribution in [2.45, 2.75) is 32.7 Å². The lowest BCUT2D eigenvalue weighted by molar-refractivity contribution is -0.121. The molecule has 0 unspecified atom stereocenters. The minimum atomic E-state index is 0.0695. The number of morpholine rings is 1. The molecule has 0 spiro atoms. The summed E-state index contributed by atoms with van der Waals surface area (Å²) in [7, 11) is 0. The third-order valence-corrected chi connectivity index (χ3v) is 6.55. The molecule has 0 atom stereocenters. The summed E-state index contributed by atoms with van der Waals surface area (Å²) in [4.78, 5) is 28.0. The number of hydrogen-bond acceptors (Lipinski definition) is 7. The van der Waals surface area contributed by atoms with Gasteiger partial charge in [-0.05, 0) is 43.8 Å². The van der Waals surface area contributed by atoms with Crippen LogP contribution in [-0.2, 0) is 9.53 Å². The van der Waals surface area contributed by atoms with Crippen LogP contribution in [0.4, 0.5) is 5.82 Å². The van der Waals surface area contributed by atoms with Crippen molar-refractivity contribution in [1.29, 1.82) is 0 Å². The first-order valence-corrected chi connectivity index (χ1v) is 12.6. The van der Waals surface area contributed by atoms with E-state index in [0.717, 1.165) is 73.2 Å². The first-order chi connectivity index (χ1) is 16.1. The molecule has 0 bridgehead atoms. The number of aromatic nitrogens is 2. The Hall–Kier alpha value is -2.55. The SMILES string of the molecule is CC(C)NC(=O)CCN(CCCN1CCOCC1)c1nc(-c2cccs2)nc2ccccc12. The summed E-state index contributed by atoms with van der Waals surface area (Å²) in [5.41, 5.74) is 0.927. The maximum Gasteiger partial charge on any atom is 0.221 e. The van der Waals surface area contributed by atoms with Gasteiger partial charge < -0.3 is 15.0 Å². The zero-order valence-electron chi connectivity index (χ0n) is 19.5. The summed E-state index contributed by atoms with van der Waals surface area (Å²) in [5.74, 6) is 1.71. The predicted molar refractivity (Wildman–Crippen MR) is 135 cm³/mol. The fourth-order valence-electron chi connectivity index (χ4n) is 4.08. The molecule has 1 aliphatic heterocycles. The minimum absolute atomic E-state index is 0.0695. The number of fused-ring (bicyclic) bond motifs is 1. The van der Waals surface area contributed by atoms with Gasteiger partial charge in [0.05, 0.1) is 23.6 Å². The van der Waals surface area contributed by atoms with Gasteiger partial charge in [-0.15, -0.1) is 11.3 Å². The molecule has 1 N–H and O–H groups in total. The lowest BCUT2D eigenvalue weighted by atomic mass is 10.2. The van der Waals surface area contributed by atoms with Crippen molar-refractivity contribution in [2.24, 2.45) is 0 Å². The molecule has 7 nitrogen and oxygen atoms in total. The molecular formula is C25H33N5O2S. The van der Waals surface area contributed by atoms with Crippen LogP contribution in [0.3, 0.4) is 0 Å². The van der Waals surface area contributed by atoms with Crippen molar-refractivity contribution in [3.63, 3.8) is 0 Å². The monoisotopic (exact) mass is 467 g/mol. The molecule has 0 saturated carbocycles. The highest BCUT2D eigenvalue weighted by Crippen LogP contribution is 2.29. The van der Waals surface area contributed by atoms with E-state index >= 15 is 0 Å². The summed E-state index contributed by atoms with van der Waals surface area (Å²) in [6.07, 6.45) is 1.43. The molecule has 0 aliphatic carbocycles. The lowest BCUT2D eigenvalue weighted by Gasteiger charge is -2.29. The number of carbonyl (C=O) groups excluding carboxylic acids is 1. The molecule has 0 radical (unpaired) electrons. The maximum atomic E-state index is 12.4. The summed E-state index contributed by atoms with van der Waals surface area (Å²) >= 11 is 1.64. The quantitative estimate of drug-likeness (QED) is 0.489. The van der Waals surface area contributed by atoms with E-state index in [1.165, 1.54) is 0 Å². The van der Waals surface area contributed by atoms with Gasteiger partial charge in [0.15, 0.2) is 5.82 Å². The summed E-state index contributed by atoms with van der Waals surface area (Å²) in [6.45, 7) is 10.0. The van der Waals surface area contributed by atoms with E-state index in [1.807, 2.05) is 43.5 Å². The molecule has 1 amide bonds. The Morgan fingerprint density at radius 2 is 1.97 bits per heavy atom. The summed E-state index contributed by atoms with van der Waals surface area (Å²) in [5, 5.41) is 6.08. The van der Waals surface area contributed by atoms with Gasteiger partial charge in [-0.2, -0.15) is 0 Å². The zero-order valence-corrected chi connectivity index (χ0v) is 20.3. The number of anilines is 1. The maximum absolute atomic E-state index is 12.4. The number of rotatable bonds is 10. The van der Waals surface area contributed by atoms with E-state index in [1.54, 1.807) is 11.3 Å². The molecule has 1 aromatic carbocycles. The Kier molecular flexibility index (Phi) is 8.25. The molecule has 1 aliphatic rings. The van der Waals surface area contributed by atoms with Gasteiger partial charge in [-0.3, -0.25) is 9.69 Å². The summed E-state index contributed by atoms with van der Waals surface area (Å²) < 4.78 is 5.48. The Bertz CT molecular complexity index is 1030. The van der Waals surface area contributed by atoms with Crippen molar-refractivity contribution in [1.82, 2.24) is 20.2 Å². The highest BCUT2D eigenvalue weighted by molar-refractivity contribution is 7.13. The predicted octanol–water partition coefficient (Wildman–Crippen LogP) is 3.80. The van der Waals surface area contributed by atoms with Gasteiger partial charge in [-0.1, -0.05) is 18.2 Å². The van der Waals surface area contributed by atoms with E-state index in [-0.39, 0.29) is 11.9 Å². The van der Waals surface area contributed by atoms with Crippen LogP contribution in [0.25, 0.3) is 21.6 Å². The van der Waals surface area contributed by atoms with Gasteiger partial charge in [0.1, 0.15) is 5.82 Å². The van der Waals surface area contributed by atoms with Crippen LogP contribution in [0.15, 0.2) is 41.8 Å². The fourth-order valence-corrected chi connectivity index (χ4v) is 4.74. The smallest absolute Gasteiger partial charge is 0.221 e. The average molecular weight is 468 g/mol. The number of para-hydroxylation sites is 1. The number of nitrogens with zero attached hydrogens (tertiary/aromatic N) is 4. The molecule has 1 saturated heterocycles. The number of amides is 1. The van der Waals surface area contributed by atoms with Crippen LogP contribution in [-0.4, -0.2) is 72.8 Å². The van der Waals surface area contributed by atoms with E-state index in [0.29, 0.717) is 13.0 Å². The molecule has 8 heteroatoms. The molecule has 33 heavy (non-hydrogen) atoms. The molecule has 4 rings (SSSR count). The number of hydrogen-bond donors (Lipinski definition) is 1. The Morgan fingerprint density at radius 1 is 1.15 bits per heavy atom. The van der Waals surface area contributed by atoms with E-state index in [9.17, 15) is 4.79 Å². The minimum Gasteiger partial charge on any atom is -0.379 e. The molecular weight excluding hydrogens is 434 g/mol. The van der Waals surface area contributed by atoms with Crippen molar-refractivity contribution >= 4 is 34.0 Å². The highest BCUT2D eigenvalue weighted by Gasteiger charge is 2.18. The summed E-state index contributed by atoms with van der Waals surface area (Å²) in [6, 6.07) is 12.4. The topological polar surface area (TPSA) is 70.6 Å². The Labute approximate surface area is 199 Å². The van der Waals surface area contributed by atoms with Crippen LogP contribution in [0.2, 0.25) is 0 Å². The molecule has 1 fully saturated rings. The van der Waals surface area contributed by atoms with Crippen molar-refractivity contribution < 1.29 is 9.53 Å². The average Bonchev–Trinajstić information content (AvgIpc) is 3.36. The second-order valence-electron chi connectivity index (χ2n) is 8.63. The van der Waals surface area contributed by atoms with Crippen molar-refractivity contribution in [2.75, 3.05) is 50.8 Å². The Balaban J connectivity index is 1.59. The third kappa shape index (κ3) is 6.50. The lowest BCUT2D eigenvalue weighted by Crippen LogP contribution is -2.39. The van der Waals surface area contributed by atoms with E-state index < -0.39 is 0 Å². The number of ether oxygens (including phenoxy) is 1. The van der Waals surface area contributed by atoms with Crippen LogP contribution in [0.5, 0.6) is 0 Å². The van der Waals surface area contributed by atoms with Gasteiger partial charge >= 0.3 is 0 Å². The van der Waals surface area contributed by atoms with Gasteiger partial charge in [-0.25, -0.2) is 9.97 Å². The van der Waals surface area contributed by atoms with Crippen LogP contribution in [0.1, 0.15) is 26.7 Å². The zero-order chi connectivity index (χ0) is 23.0. The van der Waals surface area contributed by atoms with Crippen LogP contribution in [0, 0.1) is 0 Å². The number of nitrogens with one attached hydrogen (secondary N) is 1. The van der Waals surface area contributed by atoms with Gasteiger partial charge in [0.25, 0.3) is 0 Å².